The summed E-state index contributed by atoms with van der Waals surface area (Å²) < 4.78 is 48.2. The van der Waals surface area contributed by atoms with E-state index in [2.05, 4.69) is 15.4 Å². The van der Waals surface area contributed by atoms with Crippen molar-refractivity contribution in [1.82, 2.24) is 14.8 Å². The van der Waals surface area contributed by atoms with E-state index >= 15 is 0 Å². The molecule has 0 aliphatic carbocycles. The van der Waals surface area contributed by atoms with E-state index < -0.39 is 24.3 Å². The number of carbonyl (C=O) groups is 1. The lowest BCUT2D eigenvalue weighted by atomic mass is 10.1. The number of halogens is 4. The van der Waals surface area contributed by atoms with Gasteiger partial charge in [0.15, 0.2) is 12.3 Å². The number of carbonyl (C=O) groups excluding carboxylic acids is 1. The Hall–Kier alpha value is -3.59. The number of rotatable bonds is 5. The van der Waals surface area contributed by atoms with Gasteiger partial charge in [0.25, 0.3) is 5.91 Å². The Morgan fingerprint density at radius 3 is 2.52 bits per heavy atom. The van der Waals surface area contributed by atoms with Gasteiger partial charge in [-0.1, -0.05) is 35.4 Å². The minimum atomic E-state index is -4.67. The van der Waals surface area contributed by atoms with Crippen LogP contribution in [0.4, 0.5) is 18.9 Å². The molecule has 6 nitrogen and oxygen atoms in total. The third-order valence-corrected chi connectivity index (χ3v) is 5.07. The van der Waals surface area contributed by atoms with Crippen molar-refractivity contribution in [2.45, 2.75) is 20.0 Å². The lowest BCUT2D eigenvalue weighted by Gasteiger charge is -2.12. The average molecular weight is 475 g/mol. The van der Waals surface area contributed by atoms with E-state index in [4.69, 9.17) is 16.3 Å². The molecular weight excluding hydrogens is 457 g/mol. The van der Waals surface area contributed by atoms with Crippen molar-refractivity contribution in [2.24, 2.45) is 0 Å². The Bertz CT molecular complexity index is 1330. The predicted molar refractivity (Wildman–Crippen MR) is 119 cm³/mol. The number of fused-ring (bicyclic) bond motifs is 1. The molecule has 0 spiro atoms. The van der Waals surface area contributed by atoms with Crippen molar-refractivity contribution in [2.75, 3.05) is 11.9 Å². The number of anilines is 1. The molecule has 4 aromatic rings. The van der Waals surface area contributed by atoms with Gasteiger partial charge in [-0.25, -0.2) is 4.68 Å². The average Bonchev–Trinajstić information content (AvgIpc) is 3.08. The summed E-state index contributed by atoms with van der Waals surface area (Å²) in [7, 11) is 0. The third kappa shape index (κ3) is 4.93. The molecule has 0 aliphatic heterocycles. The van der Waals surface area contributed by atoms with E-state index in [1.165, 1.54) is 17.7 Å². The molecule has 10 heteroatoms. The van der Waals surface area contributed by atoms with Crippen LogP contribution in [-0.2, 0) is 11.0 Å². The quantitative estimate of drug-likeness (QED) is 0.401. The first kappa shape index (κ1) is 22.6. The molecule has 2 aromatic carbocycles. The van der Waals surface area contributed by atoms with Crippen LogP contribution < -0.4 is 10.1 Å². The molecule has 1 N–H and O–H groups in total. The number of alkyl halides is 3. The van der Waals surface area contributed by atoms with Gasteiger partial charge in [0.2, 0.25) is 5.88 Å². The first-order valence-corrected chi connectivity index (χ1v) is 10.2. The van der Waals surface area contributed by atoms with Crippen molar-refractivity contribution in [1.29, 1.82) is 0 Å². The number of ether oxygens (including phenoxy) is 1. The minimum Gasteiger partial charge on any atom is -0.467 e. The molecule has 1 amide bonds. The van der Waals surface area contributed by atoms with Gasteiger partial charge in [-0.2, -0.15) is 23.3 Å². The molecule has 2 aromatic heterocycles. The maximum absolute atomic E-state index is 13.9. The molecule has 170 valence electrons. The van der Waals surface area contributed by atoms with Crippen LogP contribution in [0.25, 0.3) is 16.7 Å². The van der Waals surface area contributed by atoms with Crippen LogP contribution in [0.5, 0.6) is 5.88 Å². The predicted octanol–water partition coefficient (Wildman–Crippen LogP) is 5.73. The zero-order valence-corrected chi connectivity index (χ0v) is 18.3. The second kappa shape index (κ2) is 8.74. The zero-order chi connectivity index (χ0) is 23.8. The highest BCUT2D eigenvalue weighted by atomic mass is 35.5. The number of hydrogen-bond donors (Lipinski definition) is 1. The third-order valence-electron chi connectivity index (χ3n) is 4.83. The van der Waals surface area contributed by atoms with E-state index in [1.807, 2.05) is 19.1 Å². The normalized spacial score (nSPS) is 11.6. The zero-order valence-electron chi connectivity index (χ0n) is 17.6. The highest BCUT2D eigenvalue weighted by molar-refractivity contribution is 6.30. The van der Waals surface area contributed by atoms with Crippen LogP contribution in [0, 0.1) is 13.8 Å². The molecule has 4 rings (SSSR count). The number of pyridine rings is 1. The molecule has 2 heterocycles. The fourth-order valence-electron chi connectivity index (χ4n) is 3.33. The lowest BCUT2D eigenvalue weighted by molar-refractivity contribution is -0.136. The SMILES string of the molecule is Cc1ccc(-n2nc(C)c3c(C(F)(F)F)cc(OCC(=O)Nc4cccc(Cl)c4)nc32)cc1. The number of amides is 1. The van der Waals surface area contributed by atoms with Crippen molar-refractivity contribution in [3.63, 3.8) is 0 Å². The number of nitrogens with one attached hydrogen (secondary N) is 1. The first-order valence-electron chi connectivity index (χ1n) is 9.84. The van der Waals surface area contributed by atoms with E-state index in [0.717, 1.165) is 11.6 Å². The van der Waals surface area contributed by atoms with Crippen molar-refractivity contribution in [3.8, 4) is 11.6 Å². The van der Waals surface area contributed by atoms with Gasteiger partial charge in [0, 0.05) is 16.8 Å². The van der Waals surface area contributed by atoms with Crippen LogP contribution in [0.2, 0.25) is 5.02 Å². The number of benzene rings is 2. The smallest absolute Gasteiger partial charge is 0.417 e. The van der Waals surface area contributed by atoms with Crippen LogP contribution >= 0.6 is 11.6 Å². The van der Waals surface area contributed by atoms with Crippen molar-refractivity contribution < 1.29 is 22.7 Å². The topological polar surface area (TPSA) is 69.0 Å². The highest BCUT2D eigenvalue weighted by Crippen LogP contribution is 2.38. The van der Waals surface area contributed by atoms with Crippen LogP contribution in [-0.4, -0.2) is 27.3 Å². The van der Waals surface area contributed by atoms with Gasteiger partial charge in [0.05, 0.1) is 22.3 Å². The van der Waals surface area contributed by atoms with Gasteiger partial charge in [-0.3, -0.25) is 4.79 Å². The van der Waals surface area contributed by atoms with Gasteiger partial charge >= 0.3 is 6.18 Å². The van der Waals surface area contributed by atoms with Gasteiger partial charge in [-0.05, 0) is 44.2 Å². The Morgan fingerprint density at radius 1 is 1.12 bits per heavy atom. The molecule has 0 atom stereocenters. The fourth-order valence-corrected chi connectivity index (χ4v) is 3.52. The Balaban J connectivity index is 1.69. The second-order valence-corrected chi connectivity index (χ2v) is 7.82. The summed E-state index contributed by atoms with van der Waals surface area (Å²) in [5, 5.41) is 7.14. The molecule has 0 unspecified atom stereocenters. The Labute approximate surface area is 192 Å². The summed E-state index contributed by atoms with van der Waals surface area (Å²) in [6, 6.07) is 14.4. The summed E-state index contributed by atoms with van der Waals surface area (Å²) in [6.07, 6.45) is -4.67. The molecular formula is C23H18ClF3N4O2. The van der Waals surface area contributed by atoms with Crippen LogP contribution in [0.1, 0.15) is 16.8 Å². The molecule has 0 bridgehead atoms. The first-order chi connectivity index (χ1) is 15.6. The van der Waals surface area contributed by atoms with E-state index in [9.17, 15) is 18.0 Å². The number of aryl methyl sites for hydroxylation is 2. The molecule has 0 saturated heterocycles. The maximum atomic E-state index is 13.9. The van der Waals surface area contributed by atoms with Gasteiger partial charge in [0.1, 0.15) is 0 Å². The molecule has 33 heavy (non-hydrogen) atoms. The summed E-state index contributed by atoms with van der Waals surface area (Å²) >= 11 is 5.89. The Morgan fingerprint density at radius 2 is 1.85 bits per heavy atom. The van der Waals surface area contributed by atoms with Crippen LogP contribution in [0.15, 0.2) is 54.6 Å². The number of aromatic nitrogens is 3. The fraction of sp³-hybridized carbons (Fsp3) is 0.174. The Kier molecular flexibility index (Phi) is 5.99. The summed E-state index contributed by atoms with van der Waals surface area (Å²) in [6.45, 7) is 2.85. The van der Waals surface area contributed by atoms with Gasteiger partial charge in [-0.15, -0.1) is 0 Å². The van der Waals surface area contributed by atoms with E-state index in [0.29, 0.717) is 16.4 Å². The monoisotopic (exact) mass is 474 g/mol. The number of nitrogens with zero attached hydrogens (tertiary/aromatic N) is 3. The highest BCUT2D eigenvalue weighted by Gasteiger charge is 2.36. The number of hydrogen-bond acceptors (Lipinski definition) is 4. The summed E-state index contributed by atoms with van der Waals surface area (Å²) in [5.74, 6) is -0.916. The molecule has 0 fully saturated rings. The standard InChI is InChI=1S/C23H18ClF3N4O2/c1-13-6-8-17(9-7-13)31-22-21(14(2)30-31)18(23(25,26)27)11-20(29-22)33-12-19(32)28-16-5-3-4-15(24)10-16/h3-11H,12H2,1-2H3,(H,28,32). The molecule has 0 aliphatic rings. The van der Waals surface area contributed by atoms with E-state index in [1.54, 1.807) is 30.3 Å². The largest absolute Gasteiger partial charge is 0.467 e. The van der Waals surface area contributed by atoms with Gasteiger partial charge < -0.3 is 10.1 Å². The summed E-state index contributed by atoms with van der Waals surface area (Å²) in [5.41, 5.74) is 1.20. The van der Waals surface area contributed by atoms with Crippen molar-refractivity contribution >= 4 is 34.2 Å². The molecule has 0 saturated carbocycles. The van der Waals surface area contributed by atoms with Crippen LogP contribution in [0.3, 0.4) is 0 Å². The lowest BCUT2D eigenvalue weighted by Crippen LogP contribution is -2.20. The maximum Gasteiger partial charge on any atom is 0.417 e. The van der Waals surface area contributed by atoms with E-state index in [-0.39, 0.29) is 22.6 Å². The summed E-state index contributed by atoms with van der Waals surface area (Å²) in [4.78, 5) is 16.5. The van der Waals surface area contributed by atoms with Crippen molar-refractivity contribution in [3.05, 3.63) is 76.4 Å². The second-order valence-electron chi connectivity index (χ2n) is 7.38. The molecule has 0 radical (unpaired) electrons. The minimum absolute atomic E-state index is 0.0172.